The van der Waals surface area contributed by atoms with E-state index in [0.29, 0.717) is 25.1 Å². The van der Waals surface area contributed by atoms with Crippen LogP contribution in [0.25, 0.3) is 0 Å². The van der Waals surface area contributed by atoms with Crippen molar-refractivity contribution in [2.75, 3.05) is 19.8 Å². The molecule has 1 unspecified atom stereocenters. The highest BCUT2D eigenvalue weighted by molar-refractivity contribution is 5.76. The summed E-state index contributed by atoms with van der Waals surface area (Å²) >= 11 is 0. The smallest absolute Gasteiger partial charge is 0.131 e. The van der Waals surface area contributed by atoms with Gasteiger partial charge in [0.1, 0.15) is 5.78 Å². The van der Waals surface area contributed by atoms with Crippen molar-refractivity contribution in [1.82, 2.24) is 4.90 Å². The first-order valence-electron chi connectivity index (χ1n) is 4.94. The van der Waals surface area contributed by atoms with Crippen LogP contribution in [0.2, 0.25) is 0 Å². The first kappa shape index (κ1) is 10.7. The van der Waals surface area contributed by atoms with Crippen LogP contribution in [0, 0.1) is 0 Å². The van der Waals surface area contributed by atoms with E-state index in [1.54, 1.807) is 6.92 Å². The molecule has 0 aromatic heterocycles. The molecule has 1 fully saturated rings. The molecule has 1 rings (SSSR count). The zero-order valence-corrected chi connectivity index (χ0v) is 8.75. The fourth-order valence-electron chi connectivity index (χ4n) is 1.86. The Hall–Kier alpha value is -0.410. The second-order valence-corrected chi connectivity index (χ2v) is 3.97. The molecule has 13 heavy (non-hydrogen) atoms. The number of carbonyl (C=O) groups is 1. The minimum atomic E-state index is 0.251. The van der Waals surface area contributed by atoms with Gasteiger partial charge in [0.2, 0.25) is 0 Å². The van der Waals surface area contributed by atoms with Crippen LogP contribution in [0.3, 0.4) is 0 Å². The molecule has 1 heterocycles. The van der Waals surface area contributed by atoms with Gasteiger partial charge in [-0.2, -0.15) is 0 Å². The molecular formula is C10H19NO2. The van der Waals surface area contributed by atoms with Crippen molar-refractivity contribution >= 4 is 5.78 Å². The predicted molar refractivity (Wildman–Crippen MR) is 51.7 cm³/mol. The van der Waals surface area contributed by atoms with E-state index in [1.807, 2.05) is 0 Å². The van der Waals surface area contributed by atoms with E-state index in [9.17, 15) is 4.79 Å². The Bertz CT molecular complexity index is 180. The van der Waals surface area contributed by atoms with Crippen molar-refractivity contribution in [3.8, 4) is 0 Å². The van der Waals surface area contributed by atoms with E-state index in [-0.39, 0.29) is 5.78 Å². The summed E-state index contributed by atoms with van der Waals surface area (Å²) in [4.78, 5) is 13.3. The number of ketones is 1. The molecule has 1 aliphatic rings. The second-order valence-electron chi connectivity index (χ2n) is 3.97. The summed E-state index contributed by atoms with van der Waals surface area (Å²) < 4.78 is 5.37. The second kappa shape index (κ2) is 4.72. The summed E-state index contributed by atoms with van der Waals surface area (Å²) in [6.45, 7) is 8.43. The van der Waals surface area contributed by atoms with Gasteiger partial charge in [0.15, 0.2) is 0 Å². The maximum atomic E-state index is 11.0. The molecule has 0 N–H and O–H groups in total. The highest BCUT2D eigenvalue weighted by atomic mass is 16.5. The normalized spacial score (nSPS) is 25.1. The summed E-state index contributed by atoms with van der Waals surface area (Å²) in [5, 5.41) is 0. The average molecular weight is 185 g/mol. The predicted octanol–water partition coefficient (Wildman–Crippen LogP) is 1.07. The van der Waals surface area contributed by atoms with Crippen molar-refractivity contribution < 1.29 is 9.53 Å². The van der Waals surface area contributed by atoms with E-state index in [4.69, 9.17) is 4.74 Å². The number of carbonyl (C=O) groups excluding carboxylic acids is 1. The van der Waals surface area contributed by atoms with Crippen molar-refractivity contribution in [1.29, 1.82) is 0 Å². The SMILES string of the molecule is CC(=O)CC1COCCN1C(C)C. The molecular weight excluding hydrogens is 166 g/mol. The number of hydrogen-bond donors (Lipinski definition) is 0. The van der Waals surface area contributed by atoms with Gasteiger partial charge in [-0.1, -0.05) is 0 Å². The van der Waals surface area contributed by atoms with Crippen molar-refractivity contribution in [2.45, 2.75) is 39.3 Å². The van der Waals surface area contributed by atoms with Crippen molar-refractivity contribution in [3.05, 3.63) is 0 Å². The van der Waals surface area contributed by atoms with E-state index >= 15 is 0 Å². The molecule has 0 saturated carbocycles. The summed E-state index contributed by atoms with van der Waals surface area (Å²) in [5.41, 5.74) is 0. The van der Waals surface area contributed by atoms with Crippen LogP contribution in [-0.4, -0.2) is 42.5 Å². The van der Waals surface area contributed by atoms with Crippen LogP contribution in [0.15, 0.2) is 0 Å². The first-order valence-corrected chi connectivity index (χ1v) is 4.94. The molecule has 0 aromatic rings. The van der Waals surface area contributed by atoms with Gasteiger partial charge in [0.25, 0.3) is 0 Å². The van der Waals surface area contributed by atoms with Crippen molar-refractivity contribution in [3.63, 3.8) is 0 Å². The Morgan fingerprint density at radius 1 is 1.62 bits per heavy atom. The molecule has 0 radical (unpaired) electrons. The van der Waals surface area contributed by atoms with Crippen LogP contribution in [0.1, 0.15) is 27.2 Å². The fourth-order valence-corrected chi connectivity index (χ4v) is 1.86. The standard InChI is InChI=1S/C10H19NO2/c1-8(2)11-4-5-13-7-10(11)6-9(3)12/h8,10H,4-7H2,1-3H3. The van der Waals surface area contributed by atoms with E-state index in [0.717, 1.165) is 13.2 Å². The van der Waals surface area contributed by atoms with E-state index in [2.05, 4.69) is 18.7 Å². The number of ether oxygens (including phenoxy) is 1. The summed E-state index contributed by atoms with van der Waals surface area (Å²) in [7, 11) is 0. The van der Waals surface area contributed by atoms with Crippen LogP contribution < -0.4 is 0 Å². The third-order valence-corrected chi connectivity index (χ3v) is 2.46. The molecule has 0 aliphatic carbocycles. The Labute approximate surface area is 80.1 Å². The average Bonchev–Trinajstić information content (AvgIpc) is 2.03. The molecule has 1 saturated heterocycles. The summed E-state index contributed by atoms with van der Waals surface area (Å²) in [6, 6.07) is 0.805. The van der Waals surface area contributed by atoms with Gasteiger partial charge in [-0.25, -0.2) is 0 Å². The van der Waals surface area contributed by atoms with Gasteiger partial charge in [-0.05, 0) is 20.8 Å². The van der Waals surface area contributed by atoms with Gasteiger partial charge < -0.3 is 4.74 Å². The lowest BCUT2D eigenvalue weighted by Gasteiger charge is -2.37. The summed E-state index contributed by atoms with van der Waals surface area (Å²) in [6.07, 6.45) is 0.623. The molecule has 76 valence electrons. The summed E-state index contributed by atoms with van der Waals surface area (Å²) in [5.74, 6) is 0.251. The molecule has 0 aromatic carbocycles. The zero-order valence-electron chi connectivity index (χ0n) is 8.75. The van der Waals surface area contributed by atoms with Gasteiger partial charge in [-0.15, -0.1) is 0 Å². The Kier molecular flexibility index (Phi) is 3.88. The maximum absolute atomic E-state index is 11.0. The number of Topliss-reactive ketones (excluding diaryl/α,β-unsaturated/α-hetero) is 1. The number of rotatable bonds is 3. The van der Waals surface area contributed by atoms with Gasteiger partial charge in [-0.3, -0.25) is 9.69 Å². The lowest BCUT2D eigenvalue weighted by atomic mass is 10.1. The van der Waals surface area contributed by atoms with E-state index < -0.39 is 0 Å². The first-order chi connectivity index (χ1) is 6.11. The number of nitrogens with zero attached hydrogens (tertiary/aromatic N) is 1. The lowest BCUT2D eigenvalue weighted by Crippen LogP contribution is -2.49. The molecule has 1 aliphatic heterocycles. The molecule has 0 spiro atoms. The van der Waals surface area contributed by atoms with Crippen LogP contribution in [-0.2, 0) is 9.53 Å². The molecule has 0 bridgehead atoms. The monoisotopic (exact) mass is 185 g/mol. The highest BCUT2D eigenvalue weighted by Gasteiger charge is 2.25. The van der Waals surface area contributed by atoms with Crippen LogP contribution in [0.5, 0.6) is 0 Å². The number of morpholine rings is 1. The van der Waals surface area contributed by atoms with Crippen LogP contribution in [0.4, 0.5) is 0 Å². The Morgan fingerprint density at radius 3 is 2.85 bits per heavy atom. The quantitative estimate of drug-likeness (QED) is 0.659. The largest absolute Gasteiger partial charge is 0.378 e. The van der Waals surface area contributed by atoms with Crippen LogP contribution >= 0.6 is 0 Å². The fraction of sp³-hybridized carbons (Fsp3) is 0.900. The Balaban J connectivity index is 2.51. The molecule has 0 amide bonds. The minimum Gasteiger partial charge on any atom is -0.378 e. The molecule has 3 heteroatoms. The van der Waals surface area contributed by atoms with Gasteiger partial charge in [0.05, 0.1) is 13.2 Å². The lowest BCUT2D eigenvalue weighted by molar-refractivity contribution is -0.120. The molecule has 3 nitrogen and oxygen atoms in total. The third-order valence-electron chi connectivity index (χ3n) is 2.46. The van der Waals surface area contributed by atoms with Gasteiger partial charge in [0, 0.05) is 25.0 Å². The minimum absolute atomic E-state index is 0.251. The van der Waals surface area contributed by atoms with E-state index in [1.165, 1.54) is 0 Å². The third kappa shape index (κ3) is 3.08. The topological polar surface area (TPSA) is 29.5 Å². The number of hydrogen-bond acceptors (Lipinski definition) is 3. The Morgan fingerprint density at radius 2 is 2.31 bits per heavy atom. The maximum Gasteiger partial charge on any atom is 0.131 e. The zero-order chi connectivity index (χ0) is 9.84. The molecule has 1 atom stereocenters. The highest BCUT2D eigenvalue weighted by Crippen LogP contribution is 2.13. The van der Waals surface area contributed by atoms with Crippen molar-refractivity contribution in [2.24, 2.45) is 0 Å². The van der Waals surface area contributed by atoms with Gasteiger partial charge >= 0.3 is 0 Å².